The number of amides is 3. The van der Waals surface area contributed by atoms with Crippen molar-refractivity contribution < 1.29 is 14.4 Å². The second kappa shape index (κ2) is 6.85. The van der Waals surface area contributed by atoms with E-state index >= 15 is 0 Å². The minimum Gasteiger partial charge on any atom is -0.368 e. The molecule has 0 aromatic carbocycles. The van der Waals surface area contributed by atoms with Gasteiger partial charge in [0.05, 0.1) is 19.1 Å². The first-order chi connectivity index (χ1) is 7.79. The fraction of sp³-hybridized carbons (Fsp3) is 0.700. The lowest BCUT2D eigenvalue weighted by Crippen LogP contribution is -2.51. The molecule has 0 spiro atoms. The summed E-state index contributed by atoms with van der Waals surface area (Å²) in [6, 6.07) is -0.765. The minimum absolute atomic E-state index is 0.0502. The number of primary amides is 2. The van der Waals surface area contributed by atoms with Crippen LogP contribution in [0.15, 0.2) is 0 Å². The van der Waals surface area contributed by atoms with Gasteiger partial charge in [-0.15, -0.1) is 0 Å². The Morgan fingerprint density at radius 2 is 1.53 bits per heavy atom. The maximum atomic E-state index is 11.9. The highest BCUT2D eigenvalue weighted by molar-refractivity contribution is 5.90. The maximum absolute atomic E-state index is 11.9. The van der Waals surface area contributed by atoms with Crippen LogP contribution in [0.25, 0.3) is 0 Å². The standard InChI is InChI=1S/C10H20N4O3/c1-3-6(2)9(13)10(17)14(4-7(11)15)5-8(12)16/h6,9H,3-5,13H2,1-2H3,(H2,11,15)(H2,12,16)/t6?,9-/m0/s1. The first kappa shape index (κ1) is 15.4. The molecule has 0 rings (SSSR count). The Hall–Kier alpha value is -1.63. The highest BCUT2D eigenvalue weighted by Crippen LogP contribution is 2.08. The summed E-state index contributed by atoms with van der Waals surface area (Å²) >= 11 is 0. The van der Waals surface area contributed by atoms with E-state index in [9.17, 15) is 14.4 Å². The predicted molar refractivity (Wildman–Crippen MR) is 62.4 cm³/mol. The molecule has 98 valence electrons. The van der Waals surface area contributed by atoms with Gasteiger partial charge in [-0.05, 0) is 5.92 Å². The summed E-state index contributed by atoms with van der Waals surface area (Å²) in [5.74, 6) is -1.96. The largest absolute Gasteiger partial charge is 0.368 e. The smallest absolute Gasteiger partial charge is 0.240 e. The van der Waals surface area contributed by atoms with Crippen molar-refractivity contribution in [2.75, 3.05) is 13.1 Å². The molecular formula is C10H20N4O3. The van der Waals surface area contributed by atoms with E-state index in [4.69, 9.17) is 17.2 Å². The lowest BCUT2D eigenvalue weighted by molar-refractivity contribution is -0.139. The first-order valence-electron chi connectivity index (χ1n) is 5.40. The van der Waals surface area contributed by atoms with E-state index in [1.54, 1.807) is 0 Å². The second-order valence-corrected chi connectivity index (χ2v) is 4.04. The van der Waals surface area contributed by atoms with Gasteiger partial charge in [0.25, 0.3) is 0 Å². The van der Waals surface area contributed by atoms with Crippen LogP contribution in [0.2, 0.25) is 0 Å². The maximum Gasteiger partial charge on any atom is 0.240 e. The van der Waals surface area contributed by atoms with Crippen LogP contribution in [0, 0.1) is 5.92 Å². The van der Waals surface area contributed by atoms with Crippen molar-refractivity contribution in [3.8, 4) is 0 Å². The summed E-state index contributed by atoms with van der Waals surface area (Å²) in [6.45, 7) is 3.00. The summed E-state index contributed by atoms with van der Waals surface area (Å²) < 4.78 is 0. The molecule has 17 heavy (non-hydrogen) atoms. The van der Waals surface area contributed by atoms with E-state index in [2.05, 4.69) is 0 Å². The molecule has 7 heteroatoms. The first-order valence-corrected chi connectivity index (χ1v) is 5.40. The number of hydrogen-bond acceptors (Lipinski definition) is 4. The highest BCUT2D eigenvalue weighted by atomic mass is 16.2. The third-order valence-electron chi connectivity index (χ3n) is 2.55. The van der Waals surface area contributed by atoms with Crippen molar-refractivity contribution in [1.29, 1.82) is 0 Å². The molecule has 0 radical (unpaired) electrons. The summed E-state index contributed by atoms with van der Waals surface area (Å²) in [6.07, 6.45) is 0.716. The number of carbonyl (C=O) groups excluding carboxylic acids is 3. The third kappa shape index (κ3) is 5.30. The molecule has 3 amide bonds. The second-order valence-electron chi connectivity index (χ2n) is 4.04. The molecule has 0 saturated heterocycles. The zero-order valence-corrected chi connectivity index (χ0v) is 10.2. The van der Waals surface area contributed by atoms with Crippen molar-refractivity contribution in [3.63, 3.8) is 0 Å². The fourth-order valence-corrected chi connectivity index (χ4v) is 1.30. The van der Waals surface area contributed by atoms with Crippen LogP contribution in [0.4, 0.5) is 0 Å². The molecule has 0 aromatic heterocycles. The van der Waals surface area contributed by atoms with Crippen LogP contribution in [0.1, 0.15) is 20.3 Å². The quantitative estimate of drug-likeness (QED) is 0.485. The summed E-state index contributed by atoms with van der Waals surface area (Å²) in [4.78, 5) is 34.5. The molecule has 2 atom stereocenters. The normalized spacial score (nSPS) is 13.8. The molecule has 1 unspecified atom stereocenters. The molecule has 7 nitrogen and oxygen atoms in total. The van der Waals surface area contributed by atoms with E-state index in [-0.39, 0.29) is 19.0 Å². The summed E-state index contributed by atoms with van der Waals surface area (Å²) in [5.41, 5.74) is 15.7. The minimum atomic E-state index is -0.765. The number of hydrogen-bond donors (Lipinski definition) is 3. The predicted octanol–water partition coefficient (Wildman–Crippen LogP) is -1.84. The summed E-state index contributed by atoms with van der Waals surface area (Å²) in [5, 5.41) is 0. The monoisotopic (exact) mass is 244 g/mol. The van der Waals surface area contributed by atoms with Gasteiger partial charge in [0.15, 0.2) is 0 Å². The van der Waals surface area contributed by atoms with Gasteiger partial charge in [-0.3, -0.25) is 14.4 Å². The van der Waals surface area contributed by atoms with E-state index in [1.807, 2.05) is 13.8 Å². The van der Waals surface area contributed by atoms with Gasteiger partial charge in [-0.1, -0.05) is 20.3 Å². The summed E-state index contributed by atoms with van der Waals surface area (Å²) in [7, 11) is 0. The molecule has 0 bridgehead atoms. The number of carbonyl (C=O) groups is 3. The van der Waals surface area contributed by atoms with E-state index in [0.29, 0.717) is 6.42 Å². The number of nitrogens with two attached hydrogens (primary N) is 3. The van der Waals surface area contributed by atoms with E-state index in [1.165, 1.54) is 0 Å². The molecule has 0 heterocycles. The highest BCUT2D eigenvalue weighted by Gasteiger charge is 2.26. The van der Waals surface area contributed by atoms with Crippen molar-refractivity contribution in [3.05, 3.63) is 0 Å². The van der Waals surface area contributed by atoms with Gasteiger partial charge in [0.2, 0.25) is 17.7 Å². The molecular weight excluding hydrogens is 224 g/mol. The molecule has 0 aromatic rings. The number of rotatable bonds is 7. The van der Waals surface area contributed by atoms with Gasteiger partial charge in [-0.25, -0.2) is 0 Å². The van der Waals surface area contributed by atoms with Gasteiger partial charge < -0.3 is 22.1 Å². The van der Waals surface area contributed by atoms with Crippen LogP contribution in [-0.4, -0.2) is 41.8 Å². The Bertz CT molecular complexity index is 290. The van der Waals surface area contributed by atoms with E-state index in [0.717, 1.165) is 4.90 Å². The van der Waals surface area contributed by atoms with Gasteiger partial charge >= 0.3 is 0 Å². The Kier molecular flexibility index (Phi) is 6.19. The Labute approximate surface area is 100 Å². The van der Waals surface area contributed by atoms with Crippen LogP contribution < -0.4 is 17.2 Å². The average Bonchev–Trinajstić information content (AvgIpc) is 2.23. The van der Waals surface area contributed by atoms with Crippen molar-refractivity contribution in [2.24, 2.45) is 23.1 Å². The third-order valence-corrected chi connectivity index (χ3v) is 2.55. The van der Waals surface area contributed by atoms with Crippen molar-refractivity contribution >= 4 is 17.7 Å². The topological polar surface area (TPSA) is 133 Å². The van der Waals surface area contributed by atoms with E-state index < -0.39 is 23.8 Å². The Balaban J connectivity index is 4.72. The Morgan fingerprint density at radius 1 is 1.12 bits per heavy atom. The van der Waals surface area contributed by atoms with Gasteiger partial charge in [0, 0.05) is 0 Å². The zero-order chi connectivity index (χ0) is 13.6. The lowest BCUT2D eigenvalue weighted by atomic mass is 9.99. The molecule has 6 N–H and O–H groups in total. The van der Waals surface area contributed by atoms with Gasteiger partial charge in [0.1, 0.15) is 0 Å². The molecule has 0 aliphatic rings. The van der Waals surface area contributed by atoms with Crippen LogP contribution in [-0.2, 0) is 14.4 Å². The lowest BCUT2D eigenvalue weighted by Gasteiger charge is -2.25. The molecule has 0 aliphatic carbocycles. The molecule has 0 fully saturated rings. The average molecular weight is 244 g/mol. The molecule has 0 saturated carbocycles. The number of nitrogens with zero attached hydrogens (tertiary/aromatic N) is 1. The fourth-order valence-electron chi connectivity index (χ4n) is 1.30. The van der Waals surface area contributed by atoms with Crippen LogP contribution in [0.5, 0.6) is 0 Å². The zero-order valence-electron chi connectivity index (χ0n) is 10.2. The van der Waals surface area contributed by atoms with Crippen molar-refractivity contribution in [1.82, 2.24) is 4.90 Å². The molecule has 0 aliphatic heterocycles. The van der Waals surface area contributed by atoms with Crippen LogP contribution >= 0.6 is 0 Å². The SMILES string of the molecule is CCC(C)[C@H](N)C(=O)N(CC(N)=O)CC(N)=O. The van der Waals surface area contributed by atoms with Crippen molar-refractivity contribution in [2.45, 2.75) is 26.3 Å². The van der Waals surface area contributed by atoms with Crippen LogP contribution in [0.3, 0.4) is 0 Å². The Morgan fingerprint density at radius 3 is 1.82 bits per heavy atom. The van der Waals surface area contributed by atoms with Gasteiger partial charge in [-0.2, -0.15) is 0 Å².